The van der Waals surface area contributed by atoms with Crippen LogP contribution in [0.25, 0.3) is 50.4 Å². The van der Waals surface area contributed by atoms with Crippen molar-refractivity contribution in [1.82, 2.24) is 25.3 Å². The van der Waals surface area contributed by atoms with Gasteiger partial charge in [0, 0.05) is 64.1 Å². The van der Waals surface area contributed by atoms with Crippen molar-refractivity contribution in [2.45, 2.75) is 53.4 Å². The molecule has 0 spiro atoms. The fourth-order valence-corrected chi connectivity index (χ4v) is 6.87. The minimum absolute atomic E-state index is 0.0189. The molecule has 0 fully saturated rings. The number of carboxylic acids is 1. The van der Waals surface area contributed by atoms with Crippen LogP contribution in [0.2, 0.25) is 0 Å². The van der Waals surface area contributed by atoms with Gasteiger partial charge in [0.25, 0.3) is 0 Å². The van der Waals surface area contributed by atoms with Crippen molar-refractivity contribution in [3.8, 4) is 0 Å². The van der Waals surface area contributed by atoms with E-state index in [1.807, 2.05) is 64.1 Å². The fraction of sp³-hybridized carbons (Fsp3) is 0.316. The first-order valence-electron chi connectivity index (χ1n) is 16.1. The normalized spacial score (nSPS) is 12.9. The number of carbonyl (C=O) groups excluding carboxylic acids is 1. The summed E-state index contributed by atoms with van der Waals surface area (Å²) in [5.41, 5.74) is 14.3. The van der Waals surface area contributed by atoms with E-state index in [4.69, 9.17) is 15.1 Å². The summed E-state index contributed by atoms with van der Waals surface area (Å²) in [7, 11) is 0. The first-order chi connectivity index (χ1) is 23.1. The highest BCUT2D eigenvalue weighted by molar-refractivity contribution is 7.99. The SMILES string of the molecule is C=CC1=C(C)c2cc3[nH]c(cc4nc(cc5[nH]c(cc1n2)c(C)c5CCC(=O)NCCSCCO)C(CCC(=O)O)=C4C)c(C)c3C=C. The molecule has 0 saturated carbocycles. The van der Waals surface area contributed by atoms with Gasteiger partial charge in [0.1, 0.15) is 0 Å². The zero-order valence-electron chi connectivity index (χ0n) is 28.0. The number of nitrogens with zero attached hydrogens (tertiary/aromatic N) is 2. The van der Waals surface area contributed by atoms with Gasteiger partial charge >= 0.3 is 5.97 Å². The highest BCUT2D eigenvalue weighted by Gasteiger charge is 2.21. The van der Waals surface area contributed by atoms with Crippen LogP contribution in [0.5, 0.6) is 0 Å². The van der Waals surface area contributed by atoms with Gasteiger partial charge in [0.15, 0.2) is 0 Å². The Labute approximate surface area is 285 Å². The number of carboxylic acid groups (broad SMARTS) is 1. The number of carbonyl (C=O) groups is 2. The maximum atomic E-state index is 12.8. The third kappa shape index (κ3) is 7.24. The Bertz CT molecular complexity index is 2030. The molecule has 2 aliphatic heterocycles. The number of aromatic nitrogens is 4. The third-order valence-corrected chi connectivity index (χ3v) is 10.0. The van der Waals surface area contributed by atoms with Gasteiger partial charge in [0.05, 0.1) is 29.4 Å². The Kier molecular flexibility index (Phi) is 10.9. The summed E-state index contributed by atoms with van der Waals surface area (Å²) >= 11 is 1.60. The van der Waals surface area contributed by atoms with Crippen LogP contribution in [0.15, 0.2) is 43.5 Å². The number of hydrogen-bond donors (Lipinski definition) is 5. The molecule has 5 heterocycles. The maximum Gasteiger partial charge on any atom is 0.303 e. The monoisotopic (exact) mass is 665 g/mol. The van der Waals surface area contributed by atoms with Crippen LogP contribution in [0, 0.1) is 13.8 Å². The van der Waals surface area contributed by atoms with E-state index >= 15 is 0 Å². The molecule has 3 aromatic rings. The number of aliphatic hydroxyl groups excluding tert-OH is 1. The maximum absolute atomic E-state index is 12.8. The third-order valence-electron chi connectivity index (χ3n) is 9.04. The lowest BCUT2D eigenvalue weighted by Gasteiger charge is -2.06. The number of allylic oxidation sites excluding steroid dienone is 5. The summed E-state index contributed by atoms with van der Waals surface area (Å²) in [6.45, 7) is 16.9. The number of fused-ring (bicyclic) bond motifs is 8. The lowest BCUT2D eigenvalue weighted by molar-refractivity contribution is -0.136. The van der Waals surface area contributed by atoms with Crippen molar-refractivity contribution in [2.24, 2.45) is 0 Å². The number of nitrogens with one attached hydrogen (secondary N) is 3. The van der Waals surface area contributed by atoms with Crippen LogP contribution in [0.4, 0.5) is 0 Å². The number of hydrogen-bond acceptors (Lipinski definition) is 6. The van der Waals surface area contributed by atoms with Crippen LogP contribution >= 0.6 is 11.8 Å². The zero-order valence-corrected chi connectivity index (χ0v) is 28.9. The first-order valence-corrected chi connectivity index (χ1v) is 17.3. The molecule has 0 saturated heterocycles. The van der Waals surface area contributed by atoms with E-state index in [-0.39, 0.29) is 18.9 Å². The minimum atomic E-state index is -0.870. The highest BCUT2D eigenvalue weighted by atomic mass is 32.2. The van der Waals surface area contributed by atoms with Crippen molar-refractivity contribution < 1.29 is 19.8 Å². The minimum Gasteiger partial charge on any atom is -0.481 e. The molecule has 10 heteroatoms. The number of aliphatic carboxylic acids is 1. The van der Waals surface area contributed by atoms with Gasteiger partial charge < -0.3 is 25.5 Å². The molecule has 9 nitrogen and oxygen atoms in total. The van der Waals surface area contributed by atoms with Crippen molar-refractivity contribution in [1.29, 1.82) is 0 Å². The van der Waals surface area contributed by atoms with E-state index in [0.29, 0.717) is 37.3 Å². The summed E-state index contributed by atoms with van der Waals surface area (Å²) in [4.78, 5) is 41.7. The smallest absolute Gasteiger partial charge is 0.303 e. The van der Waals surface area contributed by atoms with Gasteiger partial charge in [-0.05, 0) is 98.2 Å². The van der Waals surface area contributed by atoms with Crippen LogP contribution in [-0.4, -0.2) is 66.7 Å². The van der Waals surface area contributed by atoms with Crippen molar-refractivity contribution >= 4 is 74.1 Å². The standard InChI is InChI=1S/C38H43N5O4S/c1-7-25-21(3)29-17-30-24(6)28(10-12-38(46)47)36(42-30)20-35-27(9-11-37(45)39-13-15-48-16-14-44)23(5)32(43-35)19-34-26(8-2)22(4)31(41-34)18-33(25)40-29/h7-8,17-20,40,43-44H,1-2,9-16H2,3-6H3,(H,39,45)(H,46,47). The summed E-state index contributed by atoms with van der Waals surface area (Å²) in [5.74, 6) is 0.471. The van der Waals surface area contributed by atoms with E-state index in [1.54, 1.807) is 11.8 Å². The molecule has 5 rings (SSSR count). The molecule has 0 aliphatic carbocycles. The van der Waals surface area contributed by atoms with E-state index in [0.717, 1.165) is 89.4 Å². The van der Waals surface area contributed by atoms with E-state index in [1.165, 1.54) is 0 Å². The molecule has 0 unspecified atom stereocenters. The van der Waals surface area contributed by atoms with Gasteiger partial charge in [-0.2, -0.15) is 11.8 Å². The predicted molar refractivity (Wildman–Crippen MR) is 198 cm³/mol. The summed E-state index contributed by atoms with van der Waals surface area (Å²) in [6.07, 6.45) is 4.78. The van der Waals surface area contributed by atoms with Crippen molar-refractivity contribution in [3.05, 3.63) is 88.5 Å². The quantitative estimate of drug-likeness (QED) is 0.121. The number of thioether (sulfide) groups is 1. The lowest BCUT2D eigenvalue weighted by Crippen LogP contribution is -2.26. The average Bonchev–Trinajstić information content (AvgIpc) is 3.71. The van der Waals surface area contributed by atoms with Gasteiger partial charge in [-0.3, -0.25) is 9.59 Å². The topological polar surface area (TPSA) is 144 Å². The number of aromatic amines is 2. The van der Waals surface area contributed by atoms with E-state index in [9.17, 15) is 14.7 Å². The van der Waals surface area contributed by atoms with Crippen LogP contribution < -0.4 is 5.32 Å². The Morgan fingerprint density at radius 2 is 1.46 bits per heavy atom. The second kappa shape index (κ2) is 15.0. The molecule has 8 bridgehead atoms. The van der Waals surface area contributed by atoms with Gasteiger partial charge in [-0.25, -0.2) is 9.97 Å². The molecule has 0 atom stereocenters. The molecule has 2 aliphatic rings. The Balaban J connectivity index is 1.75. The molecule has 1 amide bonds. The number of aryl methyl sites for hydroxylation is 3. The predicted octanol–water partition coefficient (Wildman–Crippen LogP) is 7.26. The van der Waals surface area contributed by atoms with Crippen LogP contribution in [0.1, 0.15) is 78.1 Å². The summed E-state index contributed by atoms with van der Waals surface area (Å²) in [5, 5.41) is 21.5. The molecule has 250 valence electrons. The summed E-state index contributed by atoms with van der Waals surface area (Å²) in [6, 6.07) is 8.05. The highest BCUT2D eigenvalue weighted by Crippen LogP contribution is 2.36. The van der Waals surface area contributed by atoms with Gasteiger partial charge in [-0.1, -0.05) is 25.3 Å². The largest absolute Gasteiger partial charge is 0.481 e. The molecule has 48 heavy (non-hydrogen) atoms. The molecule has 5 N–H and O–H groups in total. The molecule has 3 aromatic heterocycles. The van der Waals surface area contributed by atoms with Crippen molar-refractivity contribution in [3.63, 3.8) is 0 Å². The second-order valence-electron chi connectivity index (χ2n) is 12.0. The fourth-order valence-electron chi connectivity index (χ4n) is 6.29. The number of amides is 1. The van der Waals surface area contributed by atoms with Crippen LogP contribution in [-0.2, 0) is 16.0 Å². The molecule has 0 radical (unpaired) electrons. The summed E-state index contributed by atoms with van der Waals surface area (Å²) < 4.78 is 0. The van der Waals surface area contributed by atoms with E-state index in [2.05, 4.69) is 28.4 Å². The Morgan fingerprint density at radius 3 is 2.17 bits per heavy atom. The number of H-pyrrole nitrogens is 2. The lowest BCUT2D eigenvalue weighted by atomic mass is 10.00. The molecule has 0 aromatic carbocycles. The number of aliphatic hydroxyl groups is 1. The Morgan fingerprint density at radius 1 is 0.812 bits per heavy atom. The van der Waals surface area contributed by atoms with Gasteiger partial charge in [0.2, 0.25) is 5.91 Å². The van der Waals surface area contributed by atoms with Crippen molar-refractivity contribution in [2.75, 3.05) is 24.7 Å². The zero-order chi connectivity index (χ0) is 34.5. The Hall–Kier alpha value is -4.67. The van der Waals surface area contributed by atoms with E-state index < -0.39 is 5.97 Å². The van der Waals surface area contributed by atoms with Crippen LogP contribution in [0.3, 0.4) is 0 Å². The van der Waals surface area contributed by atoms with Gasteiger partial charge in [-0.15, -0.1) is 0 Å². The average molecular weight is 666 g/mol. The molecular formula is C38H43N5O4S. The second-order valence-corrected chi connectivity index (χ2v) is 13.2. The molecular weight excluding hydrogens is 623 g/mol. The first kappa shape index (κ1) is 34.7. The number of rotatable bonds is 13.